The van der Waals surface area contributed by atoms with E-state index in [0.29, 0.717) is 5.92 Å². The first kappa shape index (κ1) is 15.9. The quantitative estimate of drug-likeness (QED) is 0.760. The molecule has 21 heavy (non-hydrogen) atoms. The van der Waals surface area contributed by atoms with E-state index in [9.17, 15) is 0 Å². The van der Waals surface area contributed by atoms with Gasteiger partial charge in [-0.15, -0.1) is 10.2 Å². The molecule has 0 unspecified atom stereocenters. The molecule has 6 heteroatoms. The number of aromatic nitrogens is 3. The monoisotopic (exact) mass is 306 g/mol. The first-order valence-electron chi connectivity index (χ1n) is 7.22. The summed E-state index contributed by atoms with van der Waals surface area (Å²) in [5.41, 5.74) is 0.953. The molecule has 2 rings (SSSR count). The normalized spacial score (nSPS) is 11.0. The number of nitrogens with one attached hydrogen (secondary N) is 1. The maximum absolute atomic E-state index is 5.31. The second kappa shape index (κ2) is 8.05. The zero-order valence-corrected chi connectivity index (χ0v) is 13.6. The van der Waals surface area contributed by atoms with Crippen molar-refractivity contribution in [2.24, 2.45) is 5.92 Å². The van der Waals surface area contributed by atoms with E-state index in [2.05, 4.69) is 34.3 Å². The molecule has 0 radical (unpaired) electrons. The Morgan fingerprint density at radius 1 is 1.33 bits per heavy atom. The Morgan fingerprint density at radius 2 is 2.19 bits per heavy atom. The number of pyridine rings is 1. The van der Waals surface area contributed by atoms with E-state index in [0.717, 1.165) is 47.3 Å². The lowest BCUT2D eigenvalue weighted by atomic mass is 10.2. The van der Waals surface area contributed by atoms with Crippen LogP contribution in [-0.4, -0.2) is 35.4 Å². The zero-order chi connectivity index (χ0) is 15.1. The van der Waals surface area contributed by atoms with Crippen LogP contribution in [-0.2, 0) is 6.42 Å². The summed E-state index contributed by atoms with van der Waals surface area (Å²) in [6.45, 7) is 6.51. The molecule has 5 nitrogen and oxygen atoms in total. The Balaban J connectivity index is 1.89. The number of ether oxygens (including phenoxy) is 1. The molecule has 2 aromatic rings. The lowest BCUT2D eigenvalue weighted by Gasteiger charge is -2.05. The minimum atomic E-state index is 0.692. The largest absolute Gasteiger partial charge is 0.494 e. The first-order chi connectivity index (χ1) is 10.2. The maximum atomic E-state index is 5.31. The summed E-state index contributed by atoms with van der Waals surface area (Å²) in [6.07, 6.45) is 5.48. The van der Waals surface area contributed by atoms with Crippen molar-refractivity contribution in [3.63, 3.8) is 0 Å². The van der Waals surface area contributed by atoms with Crippen LogP contribution in [0.15, 0.2) is 18.5 Å². The smallest absolute Gasteiger partial charge is 0.151 e. The highest BCUT2D eigenvalue weighted by atomic mass is 32.1. The topological polar surface area (TPSA) is 59.9 Å². The van der Waals surface area contributed by atoms with Crippen molar-refractivity contribution in [1.82, 2.24) is 20.5 Å². The highest BCUT2D eigenvalue weighted by Gasteiger charge is 2.11. The lowest BCUT2D eigenvalue weighted by Crippen LogP contribution is -2.21. The molecular weight excluding hydrogens is 284 g/mol. The van der Waals surface area contributed by atoms with Crippen LogP contribution in [0.1, 0.15) is 25.3 Å². The minimum Gasteiger partial charge on any atom is -0.494 e. The van der Waals surface area contributed by atoms with Crippen LogP contribution >= 0.6 is 11.3 Å². The molecule has 0 aliphatic heterocycles. The average Bonchev–Trinajstić information content (AvgIpc) is 2.95. The van der Waals surface area contributed by atoms with E-state index in [-0.39, 0.29) is 0 Å². The van der Waals surface area contributed by atoms with E-state index in [1.54, 1.807) is 30.8 Å². The second-order valence-electron chi connectivity index (χ2n) is 5.28. The fourth-order valence-electron chi connectivity index (χ4n) is 1.94. The predicted molar refractivity (Wildman–Crippen MR) is 85.7 cm³/mol. The van der Waals surface area contributed by atoms with Gasteiger partial charge in [-0.3, -0.25) is 4.98 Å². The summed E-state index contributed by atoms with van der Waals surface area (Å²) in [5.74, 6) is 1.43. The molecular formula is C15H22N4OS. The molecule has 1 N–H and O–H groups in total. The molecule has 0 aromatic carbocycles. The Labute approximate surface area is 129 Å². The van der Waals surface area contributed by atoms with Gasteiger partial charge in [-0.05, 0) is 31.5 Å². The van der Waals surface area contributed by atoms with Crippen molar-refractivity contribution in [3.8, 4) is 16.3 Å². The van der Waals surface area contributed by atoms with Crippen molar-refractivity contribution < 1.29 is 4.74 Å². The van der Waals surface area contributed by atoms with Gasteiger partial charge in [0.25, 0.3) is 0 Å². The van der Waals surface area contributed by atoms with E-state index >= 15 is 0 Å². The molecule has 0 fully saturated rings. The minimum absolute atomic E-state index is 0.692. The Kier molecular flexibility index (Phi) is 6.07. The van der Waals surface area contributed by atoms with Crippen LogP contribution in [0.4, 0.5) is 0 Å². The van der Waals surface area contributed by atoms with Crippen LogP contribution < -0.4 is 10.1 Å². The molecule has 2 aromatic heterocycles. The van der Waals surface area contributed by atoms with Crippen molar-refractivity contribution in [2.45, 2.75) is 26.7 Å². The maximum Gasteiger partial charge on any atom is 0.151 e. The average molecular weight is 306 g/mol. The summed E-state index contributed by atoms with van der Waals surface area (Å²) >= 11 is 1.62. The third kappa shape index (κ3) is 4.75. The van der Waals surface area contributed by atoms with Crippen molar-refractivity contribution in [3.05, 3.63) is 23.5 Å². The zero-order valence-electron chi connectivity index (χ0n) is 12.8. The summed E-state index contributed by atoms with van der Waals surface area (Å²) < 4.78 is 5.31. The number of nitrogens with zero attached hydrogens (tertiary/aromatic N) is 3. The third-order valence-corrected chi connectivity index (χ3v) is 4.01. The molecule has 0 amide bonds. The third-order valence-electron chi connectivity index (χ3n) is 3.00. The fraction of sp³-hybridized carbons (Fsp3) is 0.533. The van der Waals surface area contributed by atoms with Gasteiger partial charge in [0.15, 0.2) is 5.01 Å². The van der Waals surface area contributed by atoms with E-state index < -0.39 is 0 Å². The Hall–Kier alpha value is -1.53. The van der Waals surface area contributed by atoms with Gasteiger partial charge in [0.05, 0.1) is 18.9 Å². The number of rotatable bonds is 8. The molecule has 0 bridgehead atoms. The summed E-state index contributed by atoms with van der Waals surface area (Å²) in [4.78, 5) is 4.06. The SMILES string of the molecule is COc1cnccc1-c1nnc(CCCNCC(C)C)s1. The molecule has 0 aliphatic rings. The summed E-state index contributed by atoms with van der Waals surface area (Å²) in [5, 5.41) is 13.9. The van der Waals surface area contributed by atoms with Crippen molar-refractivity contribution in [2.75, 3.05) is 20.2 Å². The number of methoxy groups -OCH3 is 1. The van der Waals surface area contributed by atoms with Crippen molar-refractivity contribution >= 4 is 11.3 Å². The second-order valence-corrected chi connectivity index (χ2v) is 6.34. The summed E-state index contributed by atoms with van der Waals surface area (Å²) in [6, 6.07) is 1.91. The van der Waals surface area contributed by atoms with Crippen LogP contribution in [0.25, 0.3) is 10.6 Å². The predicted octanol–water partition coefficient (Wildman–Crippen LogP) is 2.79. The van der Waals surface area contributed by atoms with Gasteiger partial charge in [0.1, 0.15) is 10.8 Å². The van der Waals surface area contributed by atoms with Crippen LogP contribution in [0.5, 0.6) is 5.75 Å². The lowest BCUT2D eigenvalue weighted by molar-refractivity contribution is 0.414. The van der Waals surface area contributed by atoms with Gasteiger partial charge in [0.2, 0.25) is 0 Å². The highest BCUT2D eigenvalue weighted by Crippen LogP contribution is 2.31. The number of aryl methyl sites for hydroxylation is 1. The van der Waals surface area contributed by atoms with E-state index in [1.165, 1.54) is 0 Å². The Morgan fingerprint density at radius 3 is 2.95 bits per heavy atom. The van der Waals surface area contributed by atoms with E-state index in [4.69, 9.17) is 4.74 Å². The molecule has 0 aliphatic carbocycles. The number of hydrogen-bond donors (Lipinski definition) is 1. The van der Waals surface area contributed by atoms with Gasteiger partial charge < -0.3 is 10.1 Å². The van der Waals surface area contributed by atoms with Gasteiger partial charge in [-0.2, -0.15) is 0 Å². The molecule has 0 saturated carbocycles. The van der Waals surface area contributed by atoms with Gasteiger partial charge in [-0.25, -0.2) is 0 Å². The van der Waals surface area contributed by atoms with Crippen LogP contribution in [0, 0.1) is 5.92 Å². The first-order valence-corrected chi connectivity index (χ1v) is 8.04. The van der Waals surface area contributed by atoms with Gasteiger partial charge >= 0.3 is 0 Å². The molecule has 114 valence electrons. The molecule has 0 atom stereocenters. The Bertz CT molecular complexity index is 556. The molecule has 0 spiro atoms. The highest BCUT2D eigenvalue weighted by molar-refractivity contribution is 7.14. The van der Waals surface area contributed by atoms with Crippen LogP contribution in [0.2, 0.25) is 0 Å². The standard InChI is InChI=1S/C15H22N4OS/c1-11(2)9-16-7-4-5-14-18-19-15(21-14)12-6-8-17-10-13(12)20-3/h6,8,10-11,16H,4-5,7,9H2,1-3H3. The fourth-order valence-corrected chi connectivity index (χ4v) is 2.85. The number of hydrogen-bond acceptors (Lipinski definition) is 6. The molecule has 0 saturated heterocycles. The van der Waals surface area contributed by atoms with Crippen LogP contribution in [0.3, 0.4) is 0 Å². The van der Waals surface area contributed by atoms with Crippen molar-refractivity contribution in [1.29, 1.82) is 0 Å². The van der Waals surface area contributed by atoms with Gasteiger partial charge in [0, 0.05) is 12.6 Å². The molecule has 2 heterocycles. The summed E-state index contributed by atoms with van der Waals surface area (Å²) in [7, 11) is 1.64. The van der Waals surface area contributed by atoms with Gasteiger partial charge in [-0.1, -0.05) is 25.2 Å². The van der Waals surface area contributed by atoms with E-state index in [1.807, 2.05) is 6.07 Å².